The zero-order valence-corrected chi connectivity index (χ0v) is 11.5. The molecule has 1 heterocycles. The van der Waals surface area contributed by atoms with Gasteiger partial charge in [-0.3, -0.25) is 9.59 Å². The molecule has 1 N–H and O–H groups in total. The third kappa shape index (κ3) is 2.81. The topological polar surface area (TPSA) is 58.6 Å². The third-order valence-corrected chi connectivity index (χ3v) is 3.34. The van der Waals surface area contributed by atoms with Crippen molar-refractivity contribution in [2.24, 2.45) is 0 Å². The van der Waals surface area contributed by atoms with Crippen molar-refractivity contribution >= 4 is 29.1 Å². The van der Waals surface area contributed by atoms with Crippen LogP contribution < -0.4 is 15.0 Å². The first-order valence-corrected chi connectivity index (χ1v) is 6.35. The van der Waals surface area contributed by atoms with E-state index in [2.05, 4.69) is 5.32 Å². The zero-order valence-electron chi connectivity index (χ0n) is 10.8. The average Bonchev–Trinajstić information content (AvgIpc) is 2.51. The van der Waals surface area contributed by atoms with Crippen molar-refractivity contribution < 1.29 is 14.3 Å². The van der Waals surface area contributed by atoms with Gasteiger partial charge in [0.2, 0.25) is 11.8 Å². The number of ether oxygens (including phenoxy) is 1. The zero-order chi connectivity index (χ0) is 14.0. The van der Waals surface area contributed by atoms with Crippen LogP contribution in [0, 0.1) is 0 Å². The number of hydrogen-bond acceptors (Lipinski definition) is 3. The molecular weight excluding hydrogens is 268 g/mol. The Labute approximate surface area is 116 Å². The summed E-state index contributed by atoms with van der Waals surface area (Å²) in [5, 5.41) is 3.13. The average molecular weight is 283 g/mol. The van der Waals surface area contributed by atoms with Crippen LogP contribution in [0.4, 0.5) is 5.69 Å². The molecule has 1 aromatic rings. The van der Waals surface area contributed by atoms with Gasteiger partial charge < -0.3 is 15.0 Å². The molecule has 1 atom stereocenters. The molecule has 0 bridgehead atoms. The minimum atomic E-state index is -0.531. The van der Waals surface area contributed by atoms with Crippen molar-refractivity contribution in [3.63, 3.8) is 0 Å². The SMILES string of the molecule is COc1cc(N2CCC(=O)NC(C)C2=O)ccc1Cl. The summed E-state index contributed by atoms with van der Waals surface area (Å²) in [5.74, 6) is 0.239. The monoisotopic (exact) mass is 282 g/mol. The van der Waals surface area contributed by atoms with Gasteiger partial charge in [0.05, 0.1) is 12.1 Å². The van der Waals surface area contributed by atoms with Gasteiger partial charge >= 0.3 is 0 Å². The van der Waals surface area contributed by atoms with Crippen molar-refractivity contribution in [2.75, 3.05) is 18.6 Å². The fraction of sp³-hybridized carbons (Fsp3) is 0.385. The molecule has 19 heavy (non-hydrogen) atoms. The molecule has 2 amide bonds. The first-order chi connectivity index (χ1) is 9.02. The Balaban J connectivity index is 2.34. The Morgan fingerprint density at radius 1 is 1.42 bits per heavy atom. The molecule has 1 unspecified atom stereocenters. The number of carbonyl (C=O) groups excluding carboxylic acids is 2. The second-order valence-electron chi connectivity index (χ2n) is 4.35. The highest BCUT2D eigenvalue weighted by Crippen LogP contribution is 2.30. The number of carbonyl (C=O) groups is 2. The molecule has 1 fully saturated rings. The molecule has 6 heteroatoms. The fourth-order valence-electron chi connectivity index (χ4n) is 2.01. The molecule has 102 valence electrons. The molecular formula is C13H15ClN2O3. The molecule has 0 aromatic heterocycles. The van der Waals surface area contributed by atoms with Crippen molar-refractivity contribution in [3.05, 3.63) is 23.2 Å². The van der Waals surface area contributed by atoms with Crippen molar-refractivity contribution in [2.45, 2.75) is 19.4 Å². The van der Waals surface area contributed by atoms with E-state index < -0.39 is 6.04 Å². The summed E-state index contributed by atoms with van der Waals surface area (Å²) in [5.41, 5.74) is 0.676. The number of anilines is 1. The van der Waals surface area contributed by atoms with E-state index >= 15 is 0 Å². The van der Waals surface area contributed by atoms with E-state index in [4.69, 9.17) is 16.3 Å². The van der Waals surface area contributed by atoms with Crippen LogP contribution in [0.1, 0.15) is 13.3 Å². The molecule has 5 nitrogen and oxygen atoms in total. The van der Waals surface area contributed by atoms with Crippen LogP contribution >= 0.6 is 11.6 Å². The van der Waals surface area contributed by atoms with Crippen molar-refractivity contribution in [1.82, 2.24) is 5.32 Å². The number of rotatable bonds is 2. The largest absolute Gasteiger partial charge is 0.495 e. The van der Waals surface area contributed by atoms with Crippen LogP contribution in [0.15, 0.2) is 18.2 Å². The Bertz CT molecular complexity index is 519. The lowest BCUT2D eigenvalue weighted by Gasteiger charge is -2.23. The van der Waals surface area contributed by atoms with Crippen LogP contribution in [-0.2, 0) is 9.59 Å². The Morgan fingerprint density at radius 2 is 2.16 bits per heavy atom. The summed E-state index contributed by atoms with van der Waals surface area (Å²) >= 11 is 5.96. The quantitative estimate of drug-likeness (QED) is 0.896. The minimum Gasteiger partial charge on any atom is -0.495 e. The minimum absolute atomic E-state index is 0.121. The normalized spacial score (nSPS) is 19.9. The molecule has 1 aliphatic rings. The molecule has 0 radical (unpaired) electrons. The predicted octanol–water partition coefficient (Wildman–Crippen LogP) is 1.59. The number of amides is 2. The highest BCUT2D eigenvalue weighted by Gasteiger charge is 2.27. The van der Waals surface area contributed by atoms with Gasteiger partial charge in [-0.2, -0.15) is 0 Å². The number of benzene rings is 1. The van der Waals surface area contributed by atoms with Gasteiger partial charge in [-0.1, -0.05) is 11.6 Å². The summed E-state index contributed by atoms with van der Waals surface area (Å²) in [4.78, 5) is 25.2. The van der Waals surface area contributed by atoms with Crippen LogP contribution in [0.2, 0.25) is 5.02 Å². The van der Waals surface area contributed by atoms with E-state index in [0.29, 0.717) is 23.0 Å². The number of nitrogens with zero attached hydrogens (tertiary/aromatic N) is 1. The standard InChI is InChI=1S/C13H15ClN2O3/c1-8-13(18)16(6-5-12(17)15-8)9-3-4-10(14)11(7-9)19-2/h3-4,7-8H,5-6H2,1-2H3,(H,15,17). The molecule has 1 aliphatic heterocycles. The Hall–Kier alpha value is -1.75. The fourth-order valence-corrected chi connectivity index (χ4v) is 2.20. The van der Waals surface area contributed by atoms with Crippen molar-refractivity contribution in [1.29, 1.82) is 0 Å². The summed E-state index contributed by atoms with van der Waals surface area (Å²) in [6.07, 6.45) is 0.279. The van der Waals surface area contributed by atoms with E-state index in [1.54, 1.807) is 30.0 Å². The first kappa shape index (κ1) is 13.7. The van der Waals surface area contributed by atoms with Gasteiger partial charge in [0.25, 0.3) is 0 Å². The summed E-state index contributed by atoms with van der Waals surface area (Å²) < 4.78 is 5.14. The number of hydrogen-bond donors (Lipinski definition) is 1. The highest BCUT2D eigenvalue weighted by molar-refractivity contribution is 6.32. The highest BCUT2D eigenvalue weighted by atomic mass is 35.5. The molecule has 0 aliphatic carbocycles. The maximum absolute atomic E-state index is 12.2. The van der Waals surface area contributed by atoms with Gasteiger partial charge in [-0.25, -0.2) is 0 Å². The van der Waals surface area contributed by atoms with Gasteiger partial charge in [0.1, 0.15) is 11.8 Å². The van der Waals surface area contributed by atoms with E-state index in [0.717, 1.165) is 0 Å². The lowest BCUT2D eigenvalue weighted by molar-refractivity contribution is -0.125. The molecule has 0 saturated carbocycles. The summed E-state index contributed by atoms with van der Waals surface area (Å²) in [7, 11) is 1.52. The maximum atomic E-state index is 12.2. The smallest absolute Gasteiger partial charge is 0.249 e. The second kappa shape index (κ2) is 5.48. The number of halogens is 1. The lowest BCUT2D eigenvalue weighted by atomic mass is 10.2. The van der Waals surface area contributed by atoms with Crippen LogP contribution in [0.3, 0.4) is 0 Å². The van der Waals surface area contributed by atoms with Crippen LogP contribution in [0.25, 0.3) is 0 Å². The van der Waals surface area contributed by atoms with Crippen molar-refractivity contribution in [3.8, 4) is 5.75 Å². The third-order valence-electron chi connectivity index (χ3n) is 3.02. The van der Waals surface area contributed by atoms with Gasteiger partial charge in [-0.15, -0.1) is 0 Å². The molecule has 0 spiro atoms. The van der Waals surface area contributed by atoms with Crippen LogP contribution in [0.5, 0.6) is 5.75 Å². The van der Waals surface area contributed by atoms with E-state index in [1.165, 1.54) is 7.11 Å². The summed E-state index contributed by atoms with van der Waals surface area (Å²) in [6, 6.07) is 4.58. The van der Waals surface area contributed by atoms with Gasteiger partial charge in [0, 0.05) is 24.7 Å². The van der Waals surface area contributed by atoms with Crippen LogP contribution in [-0.4, -0.2) is 31.5 Å². The van der Waals surface area contributed by atoms with Gasteiger partial charge in [0.15, 0.2) is 0 Å². The Kier molecular flexibility index (Phi) is 3.95. The second-order valence-corrected chi connectivity index (χ2v) is 4.76. The first-order valence-electron chi connectivity index (χ1n) is 5.97. The Morgan fingerprint density at radius 3 is 2.84 bits per heavy atom. The molecule has 1 saturated heterocycles. The number of nitrogens with one attached hydrogen (secondary N) is 1. The maximum Gasteiger partial charge on any atom is 0.249 e. The van der Waals surface area contributed by atoms with E-state index in [-0.39, 0.29) is 18.2 Å². The summed E-state index contributed by atoms with van der Waals surface area (Å²) in [6.45, 7) is 2.02. The van der Waals surface area contributed by atoms with E-state index in [1.807, 2.05) is 0 Å². The lowest BCUT2D eigenvalue weighted by Crippen LogP contribution is -2.42. The number of methoxy groups -OCH3 is 1. The molecule has 1 aromatic carbocycles. The molecule has 2 rings (SSSR count). The van der Waals surface area contributed by atoms with Gasteiger partial charge in [-0.05, 0) is 19.1 Å². The van der Waals surface area contributed by atoms with E-state index in [9.17, 15) is 9.59 Å². The predicted molar refractivity (Wildman–Crippen MR) is 72.6 cm³/mol.